The molecular formula is C36H34N2O2. The van der Waals surface area contributed by atoms with Gasteiger partial charge in [-0.3, -0.25) is 4.79 Å². The van der Waals surface area contributed by atoms with Crippen LogP contribution in [0.1, 0.15) is 21.5 Å². The number of hydrogen-bond donors (Lipinski definition) is 1. The topological polar surface area (TPSA) is 41.6 Å². The van der Waals surface area contributed by atoms with Gasteiger partial charge in [0, 0.05) is 17.8 Å². The Morgan fingerprint density at radius 1 is 0.700 bits per heavy atom. The van der Waals surface area contributed by atoms with Crippen LogP contribution in [-0.4, -0.2) is 25.5 Å². The Hall–Kier alpha value is -4.41. The fourth-order valence-corrected chi connectivity index (χ4v) is 5.64. The van der Waals surface area contributed by atoms with Crippen LogP contribution >= 0.6 is 0 Å². The first-order valence-corrected chi connectivity index (χ1v) is 14.0. The first-order valence-electron chi connectivity index (χ1n) is 14.0. The molecule has 0 aromatic heterocycles. The predicted octanol–water partition coefficient (Wildman–Crippen LogP) is 7.14. The summed E-state index contributed by atoms with van der Waals surface area (Å²) in [5.41, 5.74) is 4.05. The average Bonchev–Trinajstić information content (AvgIpc) is 3.46. The number of nitrogens with zero attached hydrogens (tertiary/aromatic N) is 1. The molecule has 40 heavy (non-hydrogen) atoms. The van der Waals surface area contributed by atoms with Crippen molar-refractivity contribution in [3.63, 3.8) is 0 Å². The van der Waals surface area contributed by atoms with E-state index in [1.165, 1.54) is 5.56 Å². The highest BCUT2D eigenvalue weighted by Gasteiger charge is 2.31. The van der Waals surface area contributed by atoms with Crippen molar-refractivity contribution in [2.24, 2.45) is 11.8 Å². The predicted molar refractivity (Wildman–Crippen MR) is 163 cm³/mol. The molecule has 200 valence electrons. The van der Waals surface area contributed by atoms with Gasteiger partial charge in [0.1, 0.15) is 12.4 Å². The van der Waals surface area contributed by atoms with Gasteiger partial charge in [0.15, 0.2) is 0 Å². The number of carbonyl (C=O) groups is 1. The molecule has 1 amide bonds. The zero-order valence-electron chi connectivity index (χ0n) is 22.6. The molecule has 0 radical (unpaired) electrons. The van der Waals surface area contributed by atoms with E-state index in [1.54, 1.807) is 0 Å². The van der Waals surface area contributed by atoms with Crippen molar-refractivity contribution in [1.29, 1.82) is 0 Å². The summed E-state index contributed by atoms with van der Waals surface area (Å²) >= 11 is 0. The summed E-state index contributed by atoms with van der Waals surface area (Å²) in [7, 11) is 0. The summed E-state index contributed by atoms with van der Waals surface area (Å²) in [4.78, 5) is 16.1. The van der Waals surface area contributed by atoms with Gasteiger partial charge in [-0.15, -0.1) is 0 Å². The molecule has 0 spiro atoms. The van der Waals surface area contributed by atoms with Crippen LogP contribution in [0.2, 0.25) is 0 Å². The SMILES string of the molecule is O=C(c1ccc2ccccc2c1)N(C[C@@H]1CNC[C@H]1Cc1ccccc1)c1ccc(OCc2ccccc2)cc1. The van der Waals surface area contributed by atoms with E-state index in [4.69, 9.17) is 4.74 Å². The maximum absolute atomic E-state index is 14.1. The normalized spacial score (nSPS) is 16.6. The number of rotatable bonds is 9. The number of ether oxygens (including phenoxy) is 1. The Labute approximate surface area is 236 Å². The first-order chi connectivity index (χ1) is 19.7. The van der Waals surface area contributed by atoms with E-state index in [-0.39, 0.29) is 5.91 Å². The zero-order chi connectivity index (χ0) is 27.1. The monoisotopic (exact) mass is 526 g/mol. The van der Waals surface area contributed by atoms with Gasteiger partial charge in [-0.25, -0.2) is 0 Å². The lowest BCUT2D eigenvalue weighted by Gasteiger charge is -2.29. The highest BCUT2D eigenvalue weighted by atomic mass is 16.5. The number of hydrogen-bond acceptors (Lipinski definition) is 3. The van der Waals surface area contributed by atoms with Gasteiger partial charge in [-0.05, 0) is 89.6 Å². The van der Waals surface area contributed by atoms with E-state index in [0.29, 0.717) is 30.6 Å². The second-order valence-electron chi connectivity index (χ2n) is 10.6. The van der Waals surface area contributed by atoms with Gasteiger partial charge in [0.2, 0.25) is 0 Å². The fourth-order valence-electron chi connectivity index (χ4n) is 5.64. The van der Waals surface area contributed by atoms with Crippen LogP contribution in [0.15, 0.2) is 127 Å². The molecule has 2 atom stereocenters. The van der Waals surface area contributed by atoms with Crippen molar-refractivity contribution in [1.82, 2.24) is 5.32 Å². The van der Waals surface area contributed by atoms with Gasteiger partial charge in [0.05, 0.1) is 0 Å². The second kappa shape index (κ2) is 12.2. The molecule has 0 bridgehead atoms. The largest absolute Gasteiger partial charge is 0.489 e. The van der Waals surface area contributed by atoms with Crippen LogP contribution in [0.25, 0.3) is 10.8 Å². The van der Waals surface area contributed by atoms with Gasteiger partial charge >= 0.3 is 0 Å². The number of benzene rings is 5. The van der Waals surface area contributed by atoms with Crippen LogP contribution in [0.3, 0.4) is 0 Å². The number of fused-ring (bicyclic) bond motifs is 1. The van der Waals surface area contributed by atoms with Gasteiger partial charge in [-0.2, -0.15) is 0 Å². The minimum Gasteiger partial charge on any atom is -0.489 e. The molecule has 1 saturated heterocycles. The second-order valence-corrected chi connectivity index (χ2v) is 10.6. The summed E-state index contributed by atoms with van der Waals surface area (Å²) < 4.78 is 6.02. The van der Waals surface area contributed by atoms with E-state index in [1.807, 2.05) is 77.7 Å². The summed E-state index contributed by atoms with van der Waals surface area (Å²) in [6.07, 6.45) is 1.00. The van der Waals surface area contributed by atoms with E-state index in [2.05, 4.69) is 59.9 Å². The maximum atomic E-state index is 14.1. The van der Waals surface area contributed by atoms with Crippen molar-refractivity contribution >= 4 is 22.4 Å². The third kappa shape index (κ3) is 6.08. The molecule has 6 rings (SSSR count). The molecule has 1 fully saturated rings. The van der Waals surface area contributed by atoms with E-state index in [9.17, 15) is 4.79 Å². The Bertz CT molecular complexity index is 1550. The minimum absolute atomic E-state index is 0.0223. The van der Waals surface area contributed by atoms with Crippen molar-refractivity contribution in [3.05, 3.63) is 144 Å². The fraction of sp³-hybridized carbons (Fsp3) is 0.194. The Morgan fingerprint density at radius 3 is 2.10 bits per heavy atom. The van der Waals surface area contributed by atoms with Crippen molar-refractivity contribution in [2.75, 3.05) is 24.5 Å². The number of nitrogens with one attached hydrogen (secondary N) is 1. The van der Waals surface area contributed by atoms with Gasteiger partial charge < -0.3 is 15.0 Å². The van der Waals surface area contributed by atoms with Crippen LogP contribution in [-0.2, 0) is 13.0 Å². The van der Waals surface area contributed by atoms with Gasteiger partial charge in [0.25, 0.3) is 5.91 Å². The summed E-state index contributed by atoms with van der Waals surface area (Å²) in [5.74, 6) is 1.62. The zero-order valence-corrected chi connectivity index (χ0v) is 22.6. The number of amides is 1. The quantitative estimate of drug-likeness (QED) is 0.222. The van der Waals surface area contributed by atoms with E-state index >= 15 is 0 Å². The molecule has 0 unspecified atom stereocenters. The Balaban J connectivity index is 1.25. The van der Waals surface area contributed by atoms with Crippen molar-refractivity contribution < 1.29 is 9.53 Å². The molecule has 4 heteroatoms. The summed E-state index contributed by atoms with van der Waals surface area (Å²) in [6.45, 7) is 3.02. The average molecular weight is 527 g/mol. The summed E-state index contributed by atoms with van der Waals surface area (Å²) in [6, 6.07) is 42.9. The third-order valence-corrected chi connectivity index (χ3v) is 7.88. The molecule has 1 N–H and O–H groups in total. The lowest BCUT2D eigenvalue weighted by molar-refractivity contribution is 0.0981. The molecule has 1 aliphatic heterocycles. The van der Waals surface area contributed by atoms with Crippen LogP contribution in [0.4, 0.5) is 5.69 Å². The molecule has 1 heterocycles. The minimum atomic E-state index is 0.0223. The Kier molecular flexibility index (Phi) is 7.87. The lowest BCUT2D eigenvalue weighted by atomic mass is 9.89. The number of anilines is 1. The summed E-state index contributed by atoms with van der Waals surface area (Å²) in [5, 5.41) is 5.79. The van der Waals surface area contributed by atoms with E-state index in [0.717, 1.165) is 47.3 Å². The molecule has 0 saturated carbocycles. The first kappa shape index (κ1) is 25.8. The molecular weight excluding hydrogens is 492 g/mol. The number of carbonyl (C=O) groups excluding carboxylic acids is 1. The molecule has 1 aliphatic rings. The molecule has 0 aliphatic carbocycles. The maximum Gasteiger partial charge on any atom is 0.258 e. The van der Waals surface area contributed by atoms with Crippen LogP contribution in [0.5, 0.6) is 5.75 Å². The van der Waals surface area contributed by atoms with Crippen LogP contribution in [0, 0.1) is 11.8 Å². The van der Waals surface area contributed by atoms with Crippen molar-refractivity contribution in [2.45, 2.75) is 13.0 Å². The third-order valence-electron chi connectivity index (χ3n) is 7.88. The Morgan fingerprint density at radius 2 is 1.35 bits per heavy atom. The molecule has 5 aromatic carbocycles. The highest BCUT2D eigenvalue weighted by Crippen LogP contribution is 2.28. The van der Waals surface area contributed by atoms with Gasteiger partial charge in [-0.1, -0.05) is 91.0 Å². The molecule has 5 aromatic rings. The van der Waals surface area contributed by atoms with Crippen LogP contribution < -0.4 is 15.0 Å². The molecule has 4 nitrogen and oxygen atoms in total. The standard InChI is InChI=1S/C36H34N2O2/c39-36(31-16-15-29-13-7-8-14-30(29)22-31)38(25-33-24-37-23-32(33)21-27-9-3-1-4-10-27)34-17-19-35(20-18-34)40-26-28-11-5-2-6-12-28/h1-20,22,32-33,37H,21,23-26H2/t32-,33+/m1/s1. The van der Waals surface area contributed by atoms with Crippen molar-refractivity contribution in [3.8, 4) is 5.75 Å². The highest BCUT2D eigenvalue weighted by molar-refractivity contribution is 6.08. The lowest BCUT2D eigenvalue weighted by Crippen LogP contribution is -2.38. The van der Waals surface area contributed by atoms with E-state index < -0.39 is 0 Å². The smallest absolute Gasteiger partial charge is 0.258 e.